The molecule has 2 rings (SSSR count). The van der Waals surface area contributed by atoms with Crippen LogP contribution in [0.2, 0.25) is 0 Å². The Bertz CT molecular complexity index is 424. The highest BCUT2D eigenvalue weighted by atomic mass is 15.4. The van der Waals surface area contributed by atoms with Gasteiger partial charge in [0, 0.05) is 44.3 Å². The fourth-order valence-corrected chi connectivity index (χ4v) is 1.79. The van der Waals surface area contributed by atoms with Crippen molar-refractivity contribution in [1.82, 2.24) is 19.8 Å². The van der Waals surface area contributed by atoms with E-state index in [0.29, 0.717) is 0 Å². The van der Waals surface area contributed by atoms with Crippen LogP contribution in [0.3, 0.4) is 0 Å². The van der Waals surface area contributed by atoms with Gasteiger partial charge in [0.15, 0.2) is 12.0 Å². The van der Waals surface area contributed by atoms with Gasteiger partial charge in [-0.15, -0.1) is 0 Å². The van der Waals surface area contributed by atoms with Gasteiger partial charge in [-0.1, -0.05) is 19.3 Å². The van der Waals surface area contributed by atoms with Crippen LogP contribution in [0.4, 0.5) is 0 Å². The third kappa shape index (κ3) is 2.62. The van der Waals surface area contributed by atoms with E-state index in [0.717, 1.165) is 18.7 Å². The molecule has 4 heteroatoms. The van der Waals surface area contributed by atoms with Crippen molar-refractivity contribution in [2.45, 2.75) is 32.4 Å². The number of nitrogens with zero attached hydrogens (tertiary/aromatic N) is 3. The minimum Gasteiger partial charge on any atom is -0.352 e. The van der Waals surface area contributed by atoms with Crippen LogP contribution >= 0.6 is 0 Å². The van der Waals surface area contributed by atoms with Crippen LogP contribution in [-0.4, -0.2) is 26.8 Å². The molecule has 17 heavy (non-hydrogen) atoms. The fourth-order valence-electron chi connectivity index (χ4n) is 1.79. The van der Waals surface area contributed by atoms with Gasteiger partial charge < -0.3 is 9.88 Å². The Morgan fingerprint density at radius 2 is 2.35 bits per heavy atom. The van der Waals surface area contributed by atoms with E-state index in [4.69, 9.17) is 0 Å². The Labute approximate surface area is 102 Å². The Kier molecular flexibility index (Phi) is 3.71. The molecule has 2 heterocycles. The molecule has 4 nitrogen and oxygen atoms in total. The quantitative estimate of drug-likeness (QED) is 0.639. The monoisotopic (exact) mass is 230 g/mol. The highest BCUT2D eigenvalue weighted by Gasteiger charge is 2.26. The van der Waals surface area contributed by atoms with Crippen LogP contribution in [0, 0.1) is 12.0 Å². The lowest BCUT2D eigenvalue weighted by Crippen LogP contribution is -2.26. The highest BCUT2D eigenvalue weighted by molar-refractivity contribution is 5.14. The van der Waals surface area contributed by atoms with E-state index < -0.39 is 0 Å². The number of H-pyrrole nitrogens is 1. The molecule has 0 saturated carbocycles. The van der Waals surface area contributed by atoms with Crippen LogP contribution in [0.5, 0.6) is 0 Å². The second-order valence-electron chi connectivity index (χ2n) is 4.11. The summed E-state index contributed by atoms with van der Waals surface area (Å²) in [5, 5.41) is 0. The average molecular weight is 230 g/mol. The summed E-state index contributed by atoms with van der Waals surface area (Å²) >= 11 is 0. The standard InChI is InChI=1S/C13H18N4/c1-3-4-5-6-9-17-11-10-16(2)13(17)12-14-7-8-15-12/h7-8,10-11,13H,3-5H2,1-2H3,(H,14,15). The molecular weight excluding hydrogens is 212 g/mol. The number of aromatic nitrogens is 2. The molecule has 0 aromatic carbocycles. The fraction of sp³-hybridized carbons (Fsp3) is 0.462. The molecule has 1 aromatic rings. The predicted octanol–water partition coefficient (Wildman–Crippen LogP) is 2.28. The number of unbranched alkanes of at least 4 members (excludes halogenated alkanes) is 2. The molecule has 0 bridgehead atoms. The van der Waals surface area contributed by atoms with E-state index in [9.17, 15) is 0 Å². The molecule has 90 valence electrons. The normalized spacial score (nSPS) is 18.4. The van der Waals surface area contributed by atoms with E-state index in [1.54, 1.807) is 6.20 Å². The Hall–Kier alpha value is -1.89. The van der Waals surface area contributed by atoms with E-state index in [-0.39, 0.29) is 6.17 Å². The molecule has 0 amide bonds. The topological polar surface area (TPSA) is 35.2 Å². The first-order valence-electron chi connectivity index (χ1n) is 5.99. The zero-order valence-electron chi connectivity index (χ0n) is 10.3. The summed E-state index contributed by atoms with van der Waals surface area (Å²) in [6.07, 6.45) is 11.0. The molecule has 1 unspecified atom stereocenters. The molecule has 0 saturated heterocycles. The van der Waals surface area contributed by atoms with E-state index in [2.05, 4.69) is 33.8 Å². The second kappa shape index (κ2) is 5.44. The average Bonchev–Trinajstić information content (AvgIpc) is 2.94. The number of nitrogens with one attached hydrogen (secondary N) is 1. The summed E-state index contributed by atoms with van der Waals surface area (Å²) in [7, 11) is 2.03. The number of hydrogen-bond donors (Lipinski definition) is 1. The summed E-state index contributed by atoms with van der Waals surface area (Å²) in [5.41, 5.74) is 0. The second-order valence-corrected chi connectivity index (χ2v) is 4.11. The Morgan fingerprint density at radius 3 is 3.06 bits per heavy atom. The molecule has 0 fully saturated rings. The first kappa shape index (κ1) is 11.6. The van der Waals surface area contributed by atoms with Crippen molar-refractivity contribution in [2.75, 3.05) is 7.05 Å². The van der Waals surface area contributed by atoms with E-state index >= 15 is 0 Å². The van der Waals surface area contributed by atoms with Crippen LogP contribution in [0.1, 0.15) is 38.2 Å². The van der Waals surface area contributed by atoms with Crippen molar-refractivity contribution in [2.24, 2.45) is 0 Å². The Morgan fingerprint density at radius 1 is 1.47 bits per heavy atom. The van der Waals surface area contributed by atoms with Crippen molar-refractivity contribution >= 4 is 0 Å². The molecule has 1 aromatic heterocycles. The van der Waals surface area contributed by atoms with E-state index in [1.807, 2.05) is 30.5 Å². The molecule has 1 atom stereocenters. The first-order chi connectivity index (χ1) is 8.33. The van der Waals surface area contributed by atoms with E-state index in [1.165, 1.54) is 6.42 Å². The minimum absolute atomic E-state index is 0.0686. The largest absolute Gasteiger partial charge is 0.352 e. The van der Waals surface area contributed by atoms with Gasteiger partial charge in [0.1, 0.15) is 0 Å². The van der Waals surface area contributed by atoms with Crippen LogP contribution in [0.25, 0.3) is 0 Å². The Balaban J connectivity index is 2.05. The molecule has 0 spiro atoms. The van der Waals surface area contributed by atoms with Crippen LogP contribution in [0.15, 0.2) is 24.8 Å². The van der Waals surface area contributed by atoms with Gasteiger partial charge in [0.2, 0.25) is 0 Å². The summed E-state index contributed by atoms with van der Waals surface area (Å²) in [5.74, 6) is 4.12. The van der Waals surface area contributed by atoms with Gasteiger partial charge >= 0.3 is 0 Å². The lowest BCUT2D eigenvalue weighted by Gasteiger charge is -2.24. The maximum Gasteiger partial charge on any atom is 0.172 e. The zero-order valence-corrected chi connectivity index (χ0v) is 10.3. The van der Waals surface area contributed by atoms with Crippen molar-refractivity contribution in [3.63, 3.8) is 0 Å². The summed E-state index contributed by atoms with van der Waals surface area (Å²) in [6, 6.07) is 3.18. The van der Waals surface area contributed by atoms with Gasteiger partial charge in [0.05, 0.1) is 0 Å². The van der Waals surface area contributed by atoms with Gasteiger partial charge in [-0.25, -0.2) is 4.98 Å². The molecule has 1 aliphatic heterocycles. The molecule has 1 aliphatic rings. The highest BCUT2D eigenvalue weighted by Crippen LogP contribution is 2.25. The summed E-state index contributed by atoms with van der Waals surface area (Å²) < 4.78 is 0. The smallest absolute Gasteiger partial charge is 0.172 e. The molecule has 0 radical (unpaired) electrons. The predicted molar refractivity (Wildman–Crippen MR) is 67.4 cm³/mol. The van der Waals surface area contributed by atoms with Crippen molar-refractivity contribution in [3.05, 3.63) is 30.6 Å². The van der Waals surface area contributed by atoms with Gasteiger partial charge in [0.25, 0.3) is 0 Å². The first-order valence-corrected chi connectivity index (χ1v) is 5.99. The number of rotatable bonds is 3. The lowest BCUT2D eigenvalue weighted by molar-refractivity contribution is 0.228. The van der Waals surface area contributed by atoms with Crippen LogP contribution < -0.4 is 0 Å². The van der Waals surface area contributed by atoms with Gasteiger partial charge in [-0.05, 0) is 6.42 Å². The van der Waals surface area contributed by atoms with Gasteiger partial charge in [-0.2, -0.15) is 0 Å². The number of hydrogen-bond acceptors (Lipinski definition) is 3. The maximum absolute atomic E-state index is 4.30. The molecule has 0 aliphatic carbocycles. The third-order valence-corrected chi connectivity index (χ3v) is 2.74. The maximum atomic E-state index is 4.30. The summed E-state index contributed by atoms with van der Waals surface area (Å²) in [6.45, 7) is 2.18. The van der Waals surface area contributed by atoms with Gasteiger partial charge in [-0.3, -0.25) is 4.90 Å². The number of imidazole rings is 1. The zero-order chi connectivity index (χ0) is 12.1. The van der Waals surface area contributed by atoms with Crippen molar-refractivity contribution in [1.29, 1.82) is 0 Å². The van der Waals surface area contributed by atoms with Crippen LogP contribution in [-0.2, 0) is 0 Å². The lowest BCUT2D eigenvalue weighted by atomic mass is 10.3. The SMILES string of the molecule is CCCCC#CN1C=CN(C)C1c1ncc[nH]1. The van der Waals surface area contributed by atoms with Crippen molar-refractivity contribution in [3.8, 4) is 12.0 Å². The third-order valence-electron chi connectivity index (χ3n) is 2.74. The van der Waals surface area contributed by atoms with Crippen molar-refractivity contribution < 1.29 is 0 Å². The molecule has 1 N–H and O–H groups in total. The number of aromatic amines is 1. The summed E-state index contributed by atoms with van der Waals surface area (Å²) in [4.78, 5) is 11.5. The minimum atomic E-state index is 0.0686. The molecular formula is C13H18N4.